The largest absolute Gasteiger partial charge is 0.280 e. The Morgan fingerprint density at radius 3 is 2.31 bits per heavy atom. The van der Waals surface area contributed by atoms with Crippen LogP contribution in [0.25, 0.3) is 0 Å². The molecule has 0 fully saturated rings. The van der Waals surface area contributed by atoms with Crippen LogP contribution in [0.1, 0.15) is 27.0 Å². The van der Waals surface area contributed by atoms with Crippen LogP contribution < -0.4 is 0 Å². The Balaban J connectivity index is 3.33. The summed E-state index contributed by atoms with van der Waals surface area (Å²) in [5.74, 6) is 0. The van der Waals surface area contributed by atoms with Crippen LogP contribution in [0.3, 0.4) is 0 Å². The number of aryl methyl sites for hydroxylation is 1. The molecule has 0 amide bonds. The summed E-state index contributed by atoms with van der Waals surface area (Å²) < 4.78 is 10.4. The van der Waals surface area contributed by atoms with Crippen LogP contribution in [0.15, 0.2) is 12.1 Å². The van der Waals surface area contributed by atoms with Crippen molar-refractivity contribution in [1.29, 1.82) is 0 Å². The maximum absolute atomic E-state index is 11.2. The monoisotopic (exact) mass is 194 g/mol. The van der Waals surface area contributed by atoms with E-state index in [-0.39, 0.29) is 5.52 Å². The number of carbonyl (C=O) groups is 1. The lowest BCUT2D eigenvalue weighted by Crippen LogP contribution is -1.97. The zero-order valence-electron chi connectivity index (χ0n) is 7.92. The summed E-state index contributed by atoms with van der Waals surface area (Å²) >= 11 is 0. The highest BCUT2D eigenvalue weighted by molar-refractivity contribution is 7.47. The Labute approximate surface area is 79.2 Å². The number of rotatable bonds is 2. The summed E-state index contributed by atoms with van der Waals surface area (Å²) in [5, 5.41) is 0. The Kier molecular flexibility index (Phi) is 2.94. The van der Waals surface area contributed by atoms with Crippen molar-refractivity contribution in [3.05, 3.63) is 34.4 Å². The smallest absolute Gasteiger partial charge is 0.253 e. The van der Waals surface area contributed by atoms with E-state index in [1.165, 1.54) is 0 Å². The molecule has 2 nitrogen and oxygen atoms in total. The molecule has 0 radical (unpaired) electrons. The molecule has 0 bridgehead atoms. The first-order valence-electron chi connectivity index (χ1n) is 4.02. The van der Waals surface area contributed by atoms with Gasteiger partial charge in [0, 0.05) is 5.56 Å². The van der Waals surface area contributed by atoms with Crippen molar-refractivity contribution >= 4 is 14.0 Å². The van der Waals surface area contributed by atoms with Gasteiger partial charge in [-0.2, -0.15) is 0 Å². The SMILES string of the molecule is Cc1ccc(C(=O)P=O)c(C)c1C. The quantitative estimate of drug-likeness (QED) is 0.678. The van der Waals surface area contributed by atoms with Gasteiger partial charge in [-0.25, -0.2) is 0 Å². The molecule has 0 aliphatic heterocycles. The molecule has 0 saturated heterocycles. The fourth-order valence-electron chi connectivity index (χ4n) is 1.24. The summed E-state index contributed by atoms with van der Waals surface area (Å²) in [6.45, 7) is 5.83. The van der Waals surface area contributed by atoms with E-state index in [4.69, 9.17) is 0 Å². The van der Waals surface area contributed by atoms with Crippen molar-refractivity contribution in [1.82, 2.24) is 0 Å². The summed E-state index contributed by atoms with van der Waals surface area (Å²) in [4.78, 5) is 11.2. The molecule has 0 heterocycles. The van der Waals surface area contributed by atoms with Gasteiger partial charge in [-0.1, -0.05) is 12.1 Å². The average molecular weight is 194 g/mol. The molecule has 0 saturated carbocycles. The molecule has 0 aliphatic rings. The maximum atomic E-state index is 11.2. The van der Waals surface area contributed by atoms with E-state index in [1.54, 1.807) is 6.07 Å². The van der Waals surface area contributed by atoms with Gasteiger partial charge in [-0.3, -0.25) is 9.36 Å². The zero-order chi connectivity index (χ0) is 10.0. The predicted octanol–water partition coefficient (Wildman–Crippen LogP) is 3.04. The van der Waals surface area contributed by atoms with Crippen molar-refractivity contribution in [2.24, 2.45) is 0 Å². The molecule has 1 aromatic rings. The molecule has 0 spiro atoms. The molecule has 0 unspecified atom stereocenters. The normalized spacial score (nSPS) is 10.4. The van der Waals surface area contributed by atoms with Crippen LogP contribution in [0.2, 0.25) is 0 Å². The van der Waals surface area contributed by atoms with Gasteiger partial charge in [-0.15, -0.1) is 0 Å². The predicted molar refractivity (Wildman–Crippen MR) is 52.6 cm³/mol. The van der Waals surface area contributed by atoms with Crippen molar-refractivity contribution in [2.75, 3.05) is 0 Å². The van der Waals surface area contributed by atoms with Crippen molar-refractivity contribution in [2.45, 2.75) is 20.8 Å². The van der Waals surface area contributed by atoms with Gasteiger partial charge in [0.25, 0.3) is 5.52 Å². The third-order valence-electron chi connectivity index (χ3n) is 2.37. The molecular formula is C10H11O2P. The Morgan fingerprint density at radius 1 is 1.15 bits per heavy atom. The van der Waals surface area contributed by atoms with E-state index in [0.29, 0.717) is 5.56 Å². The van der Waals surface area contributed by atoms with Gasteiger partial charge < -0.3 is 0 Å². The first kappa shape index (κ1) is 10.1. The van der Waals surface area contributed by atoms with E-state index in [9.17, 15) is 9.36 Å². The molecule has 1 aromatic carbocycles. The van der Waals surface area contributed by atoms with Crippen molar-refractivity contribution < 1.29 is 9.36 Å². The van der Waals surface area contributed by atoms with E-state index < -0.39 is 8.46 Å². The van der Waals surface area contributed by atoms with Crippen molar-refractivity contribution in [3.8, 4) is 0 Å². The van der Waals surface area contributed by atoms with Gasteiger partial charge in [0.1, 0.15) is 0 Å². The molecule has 13 heavy (non-hydrogen) atoms. The first-order chi connectivity index (χ1) is 6.07. The van der Waals surface area contributed by atoms with E-state index >= 15 is 0 Å². The second-order valence-corrected chi connectivity index (χ2v) is 3.67. The van der Waals surface area contributed by atoms with Crippen molar-refractivity contribution in [3.63, 3.8) is 0 Å². The van der Waals surface area contributed by atoms with Gasteiger partial charge in [0.2, 0.25) is 8.46 Å². The fourth-order valence-corrected chi connectivity index (χ4v) is 1.58. The zero-order valence-corrected chi connectivity index (χ0v) is 8.81. The molecule has 68 valence electrons. The standard InChI is InChI=1S/C10H11O2P/c1-6-4-5-9(10(11)13-12)8(3)7(6)2/h4-5H,1-3H3. The molecule has 0 atom stereocenters. The lowest BCUT2D eigenvalue weighted by Gasteiger charge is -2.07. The molecule has 0 aliphatic carbocycles. The lowest BCUT2D eigenvalue weighted by molar-refractivity contribution is 0.108. The summed E-state index contributed by atoms with van der Waals surface area (Å²) in [6, 6.07) is 3.60. The molecule has 3 heteroatoms. The first-order valence-corrected chi connectivity index (χ1v) is 4.83. The lowest BCUT2D eigenvalue weighted by atomic mass is 10.00. The molecule has 0 N–H and O–H groups in total. The molecule has 1 rings (SSSR count). The maximum Gasteiger partial charge on any atom is 0.253 e. The van der Waals surface area contributed by atoms with E-state index in [1.807, 2.05) is 26.8 Å². The van der Waals surface area contributed by atoms with Crippen LogP contribution in [-0.2, 0) is 4.57 Å². The summed E-state index contributed by atoms with van der Waals surface area (Å²) in [7, 11) is -0.436. The Morgan fingerprint density at radius 2 is 1.77 bits per heavy atom. The number of hydrogen-bond donors (Lipinski definition) is 0. The van der Waals surface area contributed by atoms with Gasteiger partial charge in [0.15, 0.2) is 0 Å². The van der Waals surface area contributed by atoms with Crippen LogP contribution in [0.5, 0.6) is 0 Å². The average Bonchev–Trinajstić information content (AvgIpc) is 2.13. The third-order valence-corrected chi connectivity index (χ3v) is 2.78. The van der Waals surface area contributed by atoms with Gasteiger partial charge in [-0.05, 0) is 37.5 Å². The fraction of sp³-hybridized carbons (Fsp3) is 0.300. The number of benzene rings is 1. The van der Waals surface area contributed by atoms with E-state index in [0.717, 1.165) is 16.7 Å². The Bertz CT molecular complexity index is 369. The second-order valence-electron chi connectivity index (χ2n) is 3.08. The summed E-state index contributed by atoms with van der Waals surface area (Å²) in [5.41, 5.74) is 3.37. The summed E-state index contributed by atoms with van der Waals surface area (Å²) in [6.07, 6.45) is 0. The third kappa shape index (κ3) is 1.84. The number of hydrogen-bond acceptors (Lipinski definition) is 2. The van der Waals surface area contributed by atoms with Crippen LogP contribution >= 0.6 is 8.46 Å². The van der Waals surface area contributed by atoms with Crippen LogP contribution in [-0.4, -0.2) is 5.52 Å². The highest BCUT2D eigenvalue weighted by Crippen LogP contribution is 2.20. The van der Waals surface area contributed by atoms with Crippen LogP contribution in [0, 0.1) is 20.8 Å². The topological polar surface area (TPSA) is 34.1 Å². The highest BCUT2D eigenvalue weighted by Gasteiger charge is 2.10. The van der Waals surface area contributed by atoms with E-state index in [2.05, 4.69) is 0 Å². The molecule has 0 aromatic heterocycles. The van der Waals surface area contributed by atoms with Gasteiger partial charge in [0.05, 0.1) is 0 Å². The van der Waals surface area contributed by atoms with Gasteiger partial charge >= 0.3 is 0 Å². The van der Waals surface area contributed by atoms with Crippen LogP contribution in [0.4, 0.5) is 0 Å². The Hall–Kier alpha value is -1.01. The molecular weight excluding hydrogens is 183 g/mol. The number of carbonyl (C=O) groups excluding carboxylic acids is 1. The second kappa shape index (κ2) is 3.80. The minimum Gasteiger partial charge on any atom is -0.280 e. The minimum atomic E-state index is -0.436. The minimum absolute atomic E-state index is 0.347. The highest BCUT2D eigenvalue weighted by atomic mass is 31.1.